The van der Waals surface area contributed by atoms with Gasteiger partial charge in [-0.1, -0.05) is 0 Å². The largest absolute Gasteiger partial charge is 0.357 e. The third-order valence-corrected chi connectivity index (χ3v) is 3.56. The van der Waals surface area contributed by atoms with Crippen LogP contribution in [0.3, 0.4) is 0 Å². The summed E-state index contributed by atoms with van der Waals surface area (Å²) < 4.78 is 0. The van der Waals surface area contributed by atoms with Crippen LogP contribution in [0.1, 0.15) is 11.3 Å². The van der Waals surface area contributed by atoms with Crippen LogP contribution in [-0.2, 0) is 6.54 Å². The molecule has 0 saturated heterocycles. The summed E-state index contributed by atoms with van der Waals surface area (Å²) in [6, 6.07) is 1.29. The zero-order chi connectivity index (χ0) is 14.7. The van der Waals surface area contributed by atoms with E-state index < -0.39 is 0 Å². The van der Waals surface area contributed by atoms with Crippen LogP contribution in [-0.4, -0.2) is 35.0 Å². The first-order chi connectivity index (χ1) is 9.49. The molecule has 7 heteroatoms. The van der Waals surface area contributed by atoms with Crippen molar-refractivity contribution in [1.82, 2.24) is 20.2 Å². The van der Waals surface area contributed by atoms with E-state index in [0.29, 0.717) is 5.56 Å². The van der Waals surface area contributed by atoms with Crippen molar-refractivity contribution in [3.05, 3.63) is 39.3 Å². The molecule has 106 valence electrons. The minimum atomic E-state index is -0.236. The van der Waals surface area contributed by atoms with Gasteiger partial charge in [0.2, 0.25) is 0 Å². The first-order valence-corrected chi connectivity index (χ1v) is 6.94. The summed E-state index contributed by atoms with van der Waals surface area (Å²) in [7, 11) is 3.30. The van der Waals surface area contributed by atoms with Crippen LogP contribution in [0.2, 0.25) is 0 Å². The highest BCUT2D eigenvalue weighted by molar-refractivity contribution is 7.13. The Morgan fingerprint density at radius 2 is 2.25 bits per heavy atom. The Morgan fingerprint density at radius 1 is 1.50 bits per heavy atom. The Morgan fingerprint density at radius 3 is 2.85 bits per heavy atom. The van der Waals surface area contributed by atoms with Gasteiger partial charge in [0.05, 0.1) is 22.6 Å². The Hall–Kier alpha value is -2.15. The summed E-state index contributed by atoms with van der Waals surface area (Å²) >= 11 is 1.44. The number of amides is 2. The highest BCUT2D eigenvalue weighted by atomic mass is 32.1. The van der Waals surface area contributed by atoms with E-state index in [1.54, 1.807) is 25.8 Å². The molecule has 0 spiro atoms. The van der Waals surface area contributed by atoms with Crippen molar-refractivity contribution < 1.29 is 4.79 Å². The highest BCUT2D eigenvalue weighted by Gasteiger charge is 2.13. The van der Waals surface area contributed by atoms with Crippen LogP contribution in [0.4, 0.5) is 4.79 Å². The number of urea groups is 1. The van der Waals surface area contributed by atoms with E-state index in [0.717, 1.165) is 16.3 Å². The number of carbonyl (C=O) groups is 1. The van der Waals surface area contributed by atoms with Crippen LogP contribution < -0.4 is 10.7 Å². The van der Waals surface area contributed by atoms with Gasteiger partial charge in [0.1, 0.15) is 0 Å². The van der Waals surface area contributed by atoms with Crippen molar-refractivity contribution in [3.8, 4) is 10.6 Å². The fraction of sp³-hybridized carbons (Fsp3) is 0.308. The second-order valence-electron chi connectivity index (χ2n) is 4.59. The molecular formula is C13H16N4O2S. The van der Waals surface area contributed by atoms with E-state index in [4.69, 9.17) is 0 Å². The summed E-state index contributed by atoms with van der Waals surface area (Å²) in [5.41, 5.74) is 3.65. The van der Waals surface area contributed by atoms with Gasteiger partial charge in [-0.05, 0) is 6.92 Å². The molecule has 2 aromatic rings. The SMILES string of the molecule is Cc1cc(=O)c(CNC(=O)N(C)C)c(-c2cncs2)[nH]1. The molecule has 0 unspecified atom stereocenters. The van der Waals surface area contributed by atoms with Gasteiger partial charge in [0.15, 0.2) is 5.43 Å². The van der Waals surface area contributed by atoms with Crippen molar-refractivity contribution in [2.24, 2.45) is 0 Å². The van der Waals surface area contributed by atoms with E-state index >= 15 is 0 Å². The normalized spacial score (nSPS) is 10.3. The number of aromatic amines is 1. The lowest BCUT2D eigenvalue weighted by atomic mass is 10.1. The number of aromatic nitrogens is 2. The van der Waals surface area contributed by atoms with E-state index in [1.165, 1.54) is 22.3 Å². The van der Waals surface area contributed by atoms with Crippen LogP contribution in [0.5, 0.6) is 0 Å². The molecule has 0 aliphatic rings. The predicted octanol–water partition coefficient (Wildman–Crippen LogP) is 1.58. The molecular weight excluding hydrogens is 276 g/mol. The van der Waals surface area contributed by atoms with Gasteiger partial charge in [-0.15, -0.1) is 11.3 Å². The molecule has 2 aromatic heterocycles. The van der Waals surface area contributed by atoms with Gasteiger partial charge in [-0.2, -0.15) is 0 Å². The number of thiazole rings is 1. The monoisotopic (exact) mass is 292 g/mol. The number of rotatable bonds is 3. The predicted molar refractivity (Wildman–Crippen MR) is 78.8 cm³/mol. The summed E-state index contributed by atoms with van der Waals surface area (Å²) in [6.07, 6.45) is 1.70. The Labute approximate surface area is 120 Å². The van der Waals surface area contributed by atoms with Gasteiger partial charge in [0, 0.05) is 37.6 Å². The minimum absolute atomic E-state index is 0.0938. The standard InChI is InChI=1S/C13H16N4O2S/c1-8-4-10(18)9(5-15-13(19)17(2)3)12(16-8)11-6-14-7-20-11/h4,6-7H,5H2,1-3H3,(H,15,19)(H,16,18). The summed E-state index contributed by atoms with van der Waals surface area (Å²) in [5, 5.41) is 2.71. The van der Waals surface area contributed by atoms with Crippen molar-refractivity contribution in [3.63, 3.8) is 0 Å². The Balaban J connectivity index is 2.37. The molecule has 0 fully saturated rings. The average Bonchev–Trinajstić information content (AvgIpc) is 2.90. The number of hydrogen-bond acceptors (Lipinski definition) is 4. The first-order valence-electron chi connectivity index (χ1n) is 6.06. The quantitative estimate of drug-likeness (QED) is 0.901. The third-order valence-electron chi connectivity index (χ3n) is 2.77. The zero-order valence-electron chi connectivity index (χ0n) is 11.6. The number of nitrogens with zero attached hydrogens (tertiary/aromatic N) is 2. The second kappa shape index (κ2) is 5.87. The molecule has 2 rings (SSSR count). The maximum atomic E-state index is 12.1. The minimum Gasteiger partial charge on any atom is -0.357 e. The second-order valence-corrected chi connectivity index (χ2v) is 5.48. The molecule has 0 radical (unpaired) electrons. The maximum absolute atomic E-state index is 12.1. The smallest absolute Gasteiger partial charge is 0.317 e. The van der Waals surface area contributed by atoms with Crippen molar-refractivity contribution in [2.45, 2.75) is 13.5 Å². The average molecular weight is 292 g/mol. The van der Waals surface area contributed by atoms with Gasteiger partial charge >= 0.3 is 6.03 Å². The van der Waals surface area contributed by atoms with Crippen molar-refractivity contribution >= 4 is 17.4 Å². The van der Waals surface area contributed by atoms with E-state index in [9.17, 15) is 9.59 Å². The van der Waals surface area contributed by atoms with E-state index in [2.05, 4.69) is 15.3 Å². The fourth-order valence-corrected chi connectivity index (χ4v) is 2.41. The van der Waals surface area contributed by atoms with Gasteiger partial charge < -0.3 is 15.2 Å². The molecule has 2 N–H and O–H groups in total. The number of pyridine rings is 1. The van der Waals surface area contributed by atoms with Crippen LogP contribution in [0.15, 0.2) is 22.6 Å². The highest BCUT2D eigenvalue weighted by Crippen LogP contribution is 2.23. The van der Waals surface area contributed by atoms with Gasteiger partial charge in [-0.25, -0.2) is 4.79 Å². The third kappa shape index (κ3) is 3.05. The lowest BCUT2D eigenvalue weighted by molar-refractivity contribution is 0.217. The Bertz CT molecular complexity index is 662. The molecule has 0 aliphatic carbocycles. The molecule has 2 amide bonds. The number of hydrogen-bond donors (Lipinski definition) is 2. The van der Waals surface area contributed by atoms with Gasteiger partial charge in [-0.3, -0.25) is 9.78 Å². The number of aryl methyl sites for hydroxylation is 1. The lowest BCUT2D eigenvalue weighted by Crippen LogP contribution is -2.35. The number of nitrogens with one attached hydrogen (secondary N) is 2. The van der Waals surface area contributed by atoms with Crippen LogP contribution >= 0.6 is 11.3 Å². The summed E-state index contributed by atoms with van der Waals surface area (Å²) in [6.45, 7) is 2.01. The van der Waals surface area contributed by atoms with Crippen molar-refractivity contribution in [1.29, 1.82) is 0 Å². The molecule has 0 atom stereocenters. The molecule has 0 saturated carbocycles. The fourth-order valence-electron chi connectivity index (χ4n) is 1.76. The molecule has 2 heterocycles. The zero-order valence-corrected chi connectivity index (χ0v) is 12.4. The first kappa shape index (κ1) is 14.3. The molecule has 0 aliphatic heterocycles. The number of H-pyrrole nitrogens is 1. The number of carbonyl (C=O) groups excluding carboxylic acids is 1. The summed E-state index contributed by atoms with van der Waals surface area (Å²) in [4.78, 5) is 33.2. The topological polar surface area (TPSA) is 78.1 Å². The maximum Gasteiger partial charge on any atom is 0.317 e. The summed E-state index contributed by atoms with van der Waals surface area (Å²) in [5.74, 6) is 0. The molecule has 0 bridgehead atoms. The van der Waals surface area contributed by atoms with Crippen molar-refractivity contribution in [2.75, 3.05) is 14.1 Å². The van der Waals surface area contributed by atoms with Gasteiger partial charge in [0.25, 0.3) is 0 Å². The van der Waals surface area contributed by atoms with E-state index in [-0.39, 0.29) is 18.0 Å². The van der Waals surface area contributed by atoms with E-state index in [1.807, 2.05) is 6.92 Å². The van der Waals surface area contributed by atoms with Crippen LogP contribution in [0.25, 0.3) is 10.6 Å². The lowest BCUT2D eigenvalue weighted by Gasteiger charge is -2.13. The Kier molecular flexibility index (Phi) is 4.19. The van der Waals surface area contributed by atoms with Crippen LogP contribution in [0, 0.1) is 6.92 Å². The molecule has 20 heavy (non-hydrogen) atoms. The molecule has 6 nitrogen and oxygen atoms in total. The molecule has 0 aromatic carbocycles.